The van der Waals surface area contributed by atoms with E-state index in [1.165, 1.54) is 0 Å². The van der Waals surface area contributed by atoms with Crippen molar-refractivity contribution in [1.82, 2.24) is 0 Å². The van der Waals surface area contributed by atoms with Gasteiger partial charge in [0.1, 0.15) is 0 Å². The van der Waals surface area contributed by atoms with Crippen LogP contribution in [0, 0.1) is 0 Å². The Morgan fingerprint density at radius 3 is 2.62 bits per heavy atom. The number of benzene rings is 2. The van der Waals surface area contributed by atoms with Crippen molar-refractivity contribution in [1.29, 1.82) is 0 Å². The van der Waals surface area contributed by atoms with E-state index in [1.807, 2.05) is 24.3 Å². The van der Waals surface area contributed by atoms with Gasteiger partial charge in [-0.3, -0.25) is 4.79 Å². The average molecular weight is 304 g/mol. The molecule has 2 aromatic rings. The van der Waals surface area contributed by atoms with Crippen molar-refractivity contribution >= 4 is 23.2 Å². The Balaban J connectivity index is 1.71. The van der Waals surface area contributed by atoms with Gasteiger partial charge in [0.25, 0.3) is 5.91 Å². The fourth-order valence-corrected chi connectivity index (χ4v) is 2.32. The number of fused-ring (bicyclic) bond motifs is 1. The number of rotatable bonds is 4. The summed E-state index contributed by atoms with van der Waals surface area (Å²) in [6.45, 7) is 0.197. The molecular weight excluding hydrogens is 290 g/mol. The van der Waals surface area contributed by atoms with E-state index in [9.17, 15) is 4.79 Å². The van der Waals surface area contributed by atoms with Crippen molar-refractivity contribution in [3.8, 4) is 11.5 Å². The predicted octanol–water partition coefficient (Wildman–Crippen LogP) is 3.45. The van der Waals surface area contributed by atoms with Crippen LogP contribution in [0.1, 0.15) is 15.9 Å². The van der Waals surface area contributed by atoms with Crippen molar-refractivity contribution in [2.45, 2.75) is 6.42 Å². The zero-order valence-electron chi connectivity index (χ0n) is 11.3. The summed E-state index contributed by atoms with van der Waals surface area (Å²) in [5.74, 6) is 1.67. The zero-order chi connectivity index (χ0) is 14.7. The molecule has 0 saturated heterocycles. The Kier molecular flexibility index (Phi) is 3.97. The topological polar surface area (TPSA) is 47.6 Å². The van der Waals surface area contributed by atoms with Crippen LogP contribution in [0.5, 0.6) is 11.5 Å². The van der Waals surface area contributed by atoms with Gasteiger partial charge in [-0.25, -0.2) is 0 Å². The van der Waals surface area contributed by atoms with E-state index in [1.54, 1.807) is 18.2 Å². The van der Waals surface area contributed by atoms with Gasteiger partial charge in [-0.05, 0) is 42.3 Å². The molecule has 1 aliphatic rings. The highest BCUT2D eigenvalue weighted by Gasteiger charge is 2.16. The van der Waals surface area contributed by atoms with Crippen molar-refractivity contribution in [2.75, 3.05) is 18.0 Å². The summed E-state index contributed by atoms with van der Waals surface area (Å²) in [5, 5.41) is 2.85. The van der Waals surface area contributed by atoms with Crippen molar-refractivity contribution in [3.05, 3.63) is 53.6 Å². The number of ether oxygens (including phenoxy) is 2. The van der Waals surface area contributed by atoms with E-state index in [-0.39, 0.29) is 12.7 Å². The van der Waals surface area contributed by atoms with Crippen LogP contribution in [0.2, 0.25) is 0 Å². The van der Waals surface area contributed by atoms with E-state index >= 15 is 0 Å². The molecule has 0 aromatic heterocycles. The second kappa shape index (κ2) is 6.06. The molecule has 0 aliphatic carbocycles. The van der Waals surface area contributed by atoms with Crippen LogP contribution in [0.25, 0.3) is 0 Å². The molecule has 108 valence electrons. The molecule has 0 saturated carbocycles. The molecule has 21 heavy (non-hydrogen) atoms. The molecule has 1 aliphatic heterocycles. The van der Waals surface area contributed by atoms with Gasteiger partial charge in [0.2, 0.25) is 6.79 Å². The second-order valence-electron chi connectivity index (χ2n) is 4.66. The first kappa shape index (κ1) is 13.8. The van der Waals surface area contributed by atoms with Gasteiger partial charge in [0.05, 0.1) is 0 Å². The number of hydrogen-bond acceptors (Lipinski definition) is 3. The maximum Gasteiger partial charge on any atom is 0.255 e. The van der Waals surface area contributed by atoms with Crippen LogP contribution in [0.3, 0.4) is 0 Å². The Bertz CT molecular complexity index is 655. The Morgan fingerprint density at radius 1 is 1.10 bits per heavy atom. The van der Waals surface area contributed by atoms with Gasteiger partial charge in [0, 0.05) is 17.1 Å². The molecule has 0 unspecified atom stereocenters. The van der Waals surface area contributed by atoms with Gasteiger partial charge in [-0.1, -0.05) is 12.1 Å². The van der Waals surface area contributed by atoms with Gasteiger partial charge in [-0.15, -0.1) is 11.6 Å². The molecule has 3 rings (SSSR count). The van der Waals surface area contributed by atoms with Gasteiger partial charge >= 0.3 is 0 Å². The monoisotopic (exact) mass is 303 g/mol. The van der Waals surface area contributed by atoms with E-state index < -0.39 is 0 Å². The molecular formula is C16H14ClNO3. The number of amides is 1. The number of aryl methyl sites for hydroxylation is 1. The third-order valence-electron chi connectivity index (χ3n) is 3.23. The molecule has 0 radical (unpaired) electrons. The van der Waals surface area contributed by atoms with Crippen LogP contribution in [-0.4, -0.2) is 18.6 Å². The van der Waals surface area contributed by atoms with Crippen LogP contribution >= 0.6 is 11.6 Å². The minimum absolute atomic E-state index is 0.182. The summed E-state index contributed by atoms with van der Waals surface area (Å²) >= 11 is 5.69. The van der Waals surface area contributed by atoms with Crippen LogP contribution in [-0.2, 0) is 6.42 Å². The summed E-state index contributed by atoms with van der Waals surface area (Å²) in [4.78, 5) is 12.2. The summed E-state index contributed by atoms with van der Waals surface area (Å²) in [7, 11) is 0. The summed E-state index contributed by atoms with van der Waals surface area (Å²) < 4.78 is 10.5. The number of hydrogen-bond donors (Lipinski definition) is 1. The van der Waals surface area contributed by atoms with Gasteiger partial charge in [0.15, 0.2) is 11.5 Å². The van der Waals surface area contributed by atoms with Crippen molar-refractivity contribution < 1.29 is 14.3 Å². The van der Waals surface area contributed by atoms with E-state index in [4.69, 9.17) is 21.1 Å². The van der Waals surface area contributed by atoms with E-state index in [2.05, 4.69) is 5.32 Å². The number of alkyl halides is 1. The summed E-state index contributed by atoms with van der Waals surface area (Å²) in [5.41, 5.74) is 2.42. The fraction of sp³-hybridized carbons (Fsp3) is 0.188. The van der Waals surface area contributed by atoms with Crippen molar-refractivity contribution in [2.24, 2.45) is 0 Å². The zero-order valence-corrected chi connectivity index (χ0v) is 12.0. The summed E-state index contributed by atoms with van der Waals surface area (Å²) in [6, 6.07) is 12.8. The van der Waals surface area contributed by atoms with E-state index in [0.29, 0.717) is 22.9 Å². The third kappa shape index (κ3) is 3.11. The highest BCUT2D eigenvalue weighted by atomic mass is 35.5. The maximum absolute atomic E-state index is 12.2. The molecule has 4 nitrogen and oxygen atoms in total. The molecule has 5 heteroatoms. The van der Waals surface area contributed by atoms with E-state index in [0.717, 1.165) is 17.7 Å². The molecule has 1 N–H and O–H groups in total. The first-order valence-corrected chi connectivity index (χ1v) is 7.15. The molecule has 1 amide bonds. The SMILES string of the molecule is O=C(Nc1ccc(CCCl)cc1)c1ccc2c(c1)OCO2. The predicted molar refractivity (Wildman–Crippen MR) is 81.4 cm³/mol. The quantitative estimate of drug-likeness (QED) is 0.880. The lowest BCUT2D eigenvalue weighted by Crippen LogP contribution is -2.11. The highest BCUT2D eigenvalue weighted by Crippen LogP contribution is 2.32. The number of halogens is 1. The van der Waals surface area contributed by atoms with Gasteiger partial charge in [-0.2, -0.15) is 0 Å². The van der Waals surface area contributed by atoms with Crippen molar-refractivity contribution in [3.63, 3.8) is 0 Å². The molecule has 0 fully saturated rings. The lowest BCUT2D eigenvalue weighted by molar-refractivity contribution is 0.102. The first-order valence-electron chi connectivity index (χ1n) is 6.62. The minimum atomic E-state index is -0.182. The highest BCUT2D eigenvalue weighted by molar-refractivity contribution is 6.18. The first-order chi connectivity index (χ1) is 10.3. The Hall–Kier alpha value is -2.20. The number of nitrogens with one attached hydrogen (secondary N) is 1. The Morgan fingerprint density at radius 2 is 1.86 bits per heavy atom. The summed E-state index contributed by atoms with van der Waals surface area (Å²) in [6.07, 6.45) is 0.817. The third-order valence-corrected chi connectivity index (χ3v) is 3.42. The standard InChI is InChI=1S/C16H14ClNO3/c17-8-7-11-1-4-13(5-2-11)18-16(19)12-3-6-14-15(9-12)21-10-20-14/h1-6,9H,7-8,10H2,(H,18,19). The lowest BCUT2D eigenvalue weighted by Gasteiger charge is -2.07. The Labute approximate surface area is 127 Å². The van der Waals surface area contributed by atoms with Gasteiger partial charge < -0.3 is 14.8 Å². The van der Waals surface area contributed by atoms with Crippen LogP contribution < -0.4 is 14.8 Å². The molecule has 0 spiro atoms. The number of carbonyl (C=O) groups is 1. The average Bonchev–Trinajstić information content (AvgIpc) is 2.97. The molecule has 0 bridgehead atoms. The lowest BCUT2D eigenvalue weighted by atomic mass is 10.1. The fourth-order valence-electron chi connectivity index (χ4n) is 2.10. The smallest absolute Gasteiger partial charge is 0.255 e. The number of anilines is 1. The second-order valence-corrected chi connectivity index (χ2v) is 5.04. The van der Waals surface area contributed by atoms with Crippen LogP contribution in [0.15, 0.2) is 42.5 Å². The molecule has 2 aromatic carbocycles. The maximum atomic E-state index is 12.2. The molecule has 1 heterocycles. The molecule has 0 atom stereocenters. The minimum Gasteiger partial charge on any atom is -0.454 e. The number of carbonyl (C=O) groups excluding carboxylic acids is 1. The van der Waals surface area contributed by atoms with Crippen LogP contribution in [0.4, 0.5) is 5.69 Å². The largest absolute Gasteiger partial charge is 0.454 e. The normalized spacial score (nSPS) is 12.2.